The Bertz CT molecular complexity index is 2150. The minimum atomic E-state index is 0.616. The molecule has 8 aromatic rings. The second-order valence-electron chi connectivity index (χ2n) is 9.88. The maximum absolute atomic E-state index is 6.42. The number of benzene rings is 5. The summed E-state index contributed by atoms with van der Waals surface area (Å²) in [5, 5.41) is 3.12. The third-order valence-electron chi connectivity index (χ3n) is 7.39. The monoisotopic (exact) mass is 526 g/mol. The van der Waals surface area contributed by atoms with Crippen molar-refractivity contribution in [3.8, 4) is 45.3 Å². The van der Waals surface area contributed by atoms with Crippen LogP contribution in [-0.4, -0.2) is 19.9 Å². The summed E-state index contributed by atoms with van der Waals surface area (Å²) in [7, 11) is 0. The lowest BCUT2D eigenvalue weighted by molar-refractivity contribution is 0.672. The van der Waals surface area contributed by atoms with Gasteiger partial charge in [-0.05, 0) is 29.3 Å². The van der Waals surface area contributed by atoms with Crippen LogP contribution in [0.2, 0.25) is 0 Å². The summed E-state index contributed by atoms with van der Waals surface area (Å²) in [6, 6.07) is 42.8. The average Bonchev–Trinajstić information content (AvgIpc) is 3.45. The Morgan fingerprint density at radius 3 is 1.83 bits per heavy atom. The van der Waals surface area contributed by atoms with E-state index < -0.39 is 0 Å². The van der Waals surface area contributed by atoms with Gasteiger partial charge in [-0.15, -0.1) is 0 Å². The molecule has 0 aliphatic rings. The van der Waals surface area contributed by atoms with E-state index in [9.17, 15) is 0 Å². The predicted molar refractivity (Wildman–Crippen MR) is 164 cm³/mol. The van der Waals surface area contributed by atoms with E-state index in [1.165, 1.54) is 0 Å². The molecule has 0 aliphatic heterocycles. The summed E-state index contributed by atoms with van der Waals surface area (Å²) in [5.74, 6) is 1.88. The lowest BCUT2D eigenvalue weighted by atomic mass is 9.94. The largest absolute Gasteiger partial charge is 0.454 e. The van der Waals surface area contributed by atoms with Crippen LogP contribution in [0.15, 0.2) is 138 Å². The van der Waals surface area contributed by atoms with Crippen LogP contribution in [-0.2, 0) is 0 Å². The maximum atomic E-state index is 6.42. The molecule has 0 fully saturated rings. The molecule has 0 saturated heterocycles. The lowest BCUT2D eigenvalue weighted by Crippen LogP contribution is -2.01. The van der Waals surface area contributed by atoms with Crippen molar-refractivity contribution in [1.29, 1.82) is 0 Å². The van der Waals surface area contributed by atoms with Gasteiger partial charge in [0, 0.05) is 39.0 Å². The van der Waals surface area contributed by atoms with Crippen LogP contribution >= 0.6 is 0 Å². The molecule has 5 aromatic carbocycles. The summed E-state index contributed by atoms with van der Waals surface area (Å²) < 4.78 is 6.42. The molecule has 0 aliphatic carbocycles. The van der Waals surface area contributed by atoms with Crippen molar-refractivity contribution >= 4 is 32.8 Å². The molecule has 41 heavy (non-hydrogen) atoms. The molecule has 0 atom stereocenters. The Balaban J connectivity index is 1.39. The van der Waals surface area contributed by atoms with Crippen LogP contribution in [0.25, 0.3) is 78.1 Å². The molecular formula is C36H22N4O. The number of fused-ring (bicyclic) bond motifs is 5. The van der Waals surface area contributed by atoms with Crippen LogP contribution < -0.4 is 0 Å². The van der Waals surface area contributed by atoms with Crippen molar-refractivity contribution in [2.24, 2.45) is 0 Å². The van der Waals surface area contributed by atoms with Gasteiger partial charge in [0.05, 0.1) is 0 Å². The Hall–Kier alpha value is -5.68. The first kappa shape index (κ1) is 23.2. The highest BCUT2D eigenvalue weighted by atomic mass is 16.3. The van der Waals surface area contributed by atoms with Gasteiger partial charge in [0.2, 0.25) is 0 Å². The van der Waals surface area contributed by atoms with Crippen LogP contribution in [0.4, 0.5) is 0 Å². The number of rotatable bonds is 4. The molecule has 8 rings (SSSR count). The number of aromatic nitrogens is 4. The van der Waals surface area contributed by atoms with Gasteiger partial charge < -0.3 is 4.42 Å². The lowest BCUT2D eigenvalue weighted by Gasteiger charge is -2.12. The van der Waals surface area contributed by atoms with E-state index in [4.69, 9.17) is 19.4 Å². The van der Waals surface area contributed by atoms with E-state index in [1.54, 1.807) is 6.20 Å². The fourth-order valence-corrected chi connectivity index (χ4v) is 5.49. The average molecular weight is 527 g/mol. The Labute approximate surface area is 235 Å². The van der Waals surface area contributed by atoms with Gasteiger partial charge in [0.25, 0.3) is 0 Å². The standard InChI is InChI=1S/C36H22N4O/c1-3-11-24(12-4-1)34-38-35(25-13-5-2-6-14-25)40-36(39-34)28-17-8-7-16-26(28)27-18-9-19-30-31(27)29-21-20-23-15-10-22-37-32(23)33(29)41-30/h1-22H. The van der Waals surface area contributed by atoms with Crippen LogP contribution in [0.3, 0.4) is 0 Å². The van der Waals surface area contributed by atoms with Crippen molar-refractivity contribution in [2.45, 2.75) is 0 Å². The quantitative estimate of drug-likeness (QED) is 0.229. The van der Waals surface area contributed by atoms with E-state index >= 15 is 0 Å². The predicted octanol–water partition coefficient (Wildman–Crippen LogP) is 8.99. The number of hydrogen-bond acceptors (Lipinski definition) is 5. The van der Waals surface area contributed by atoms with Gasteiger partial charge in [-0.2, -0.15) is 0 Å². The molecule has 0 spiro atoms. The van der Waals surface area contributed by atoms with Gasteiger partial charge in [-0.25, -0.2) is 15.0 Å². The first-order chi connectivity index (χ1) is 20.3. The Kier molecular flexibility index (Phi) is 5.38. The van der Waals surface area contributed by atoms with E-state index in [-0.39, 0.29) is 0 Å². The molecule has 0 bridgehead atoms. The van der Waals surface area contributed by atoms with Crippen molar-refractivity contribution in [3.05, 3.63) is 134 Å². The maximum Gasteiger partial charge on any atom is 0.164 e. The van der Waals surface area contributed by atoms with Crippen molar-refractivity contribution in [1.82, 2.24) is 19.9 Å². The third kappa shape index (κ3) is 3.95. The normalized spacial score (nSPS) is 11.4. The summed E-state index contributed by atoms with van der Waals surface area (Å²) in [6.07, 6.45) is 1.81. The molecule has 0 amide bonds. The molecule has 5 heteroatoms. The number of hydrogen-bond donors (Lipinski definition) is 0. The molecule has 3 aromatic heterocycles. The fourth-order valence-electron chi connectivity index (χ4n) is 5.49. The summed E-state index contributed by atoms with van der Waals surface area (Å²) in [5.41, 5.74) is 7.34. The summed E-state index contributed by atoms with van der Waals surface area (Å²) >= 11 is 0. The molecular weight excluding hydrogens is 504 g/mol. The smallest absolute Gasteiger partial charge is 0.164 e. The SMILES string of the molecule is c1ccc(-c2nc(-c3ccccc3)nc(-c3ccccc3-c3cccc4oc5c(ccc6cccnc65)c34)n2)cc1. The van der Waals surface area contributed by atoms with Gasteiger partial charge in [0.1, 0.15) is 11.1 Å². The molecule has 0 N–H and O–H groups in total. The van der Waals surface area contributed by atoms with Gasteiger partial charge in [0.15, 0.2) is 23.1 Å². The van der Waals surface area contributed by atoms with Gasteiger partial charge in [-0.3, -0.25) is 4.98 Å². The first-order valence-corrected chi connectivity index (χ1v) is 13.5. The van der Waals surface area contributed by atoms with Crippen molar-refractivity contribution in [2.75, 3.05) is 0 Å². The molecule has 0 unspecified atom stereocenters. The van der Waals surface area contributed by atoms with Crippen molar-refractivity contribution < 1.29 is 4.42 Å². The van der Waals surface area contributed by atoms with E-state index in [0.29, 0.717) is 17.5 Å². The van der Waals surface area contributed by atoms with Crippen LogP contribution in [0.1, 0.15) is 0 Å². The minimum Gasteiger partial charge on any atom is -0.454 e. The number of furan rings is 1. The van der Waals surface area contributed by atoms with E-state index in [1.807, 2.05) is 91.0 Å². The molecule has 0 saturated carbocycles. The van der Waals surface area contributed by atoms with Crippen molar-refractivity contribution in [3.63, 3.8) is 0 Å². The topological polar surface area (TPSA) is 64.7 Å². The second kappa shape index (κ2) is 9.50. The Morgan fingerprint density at radius 1 is 0.463 bits per heavy atom. The van der Waals surface area contributed by atoms with Gasteiger partial charge >= 0.3 is 0 Å². The summed E-state index contributed by atoms with van der Waals surface area (Å²) in [4.78, 5) is 19.5. The van der Waals surface area contributed by atoms with E-state index in [2.05, 4.69) is 41.4 Å². The zero-order valence-electron chi connectivity index (χ0n) is 21.9. The van der Waals surface area contributed by atoms with Crippen LogP contribution in [0, 0.1) is 0 Å². The van der Waals surface area contributed by atoms with E-state index in [0.717, 1.165) is 60.7 Å². The highest BCUT2D eigenvalue weighted by molar-refractivity contribution is 6.18. The molecule has 0 radical (unpaired) electrons. The summed E-state index contributed by atoms with van der Waals surface area (Å²) in [6.45, 7) is 0. The number of nitrogens with zero attached hydrogens (tertiary/aromatic N) is 4. The Morgan fingerprint density at radius 2 is 1.10 bits per heavy atom. The second-order valence-corrected chi connectivity index (χ2v) is 9.88. The molecule has 192 valence electrons. The molecule has 5 nitrogen and oxygen atoms in total. The highest BCUT2D eigenvalue weighted by Gasteiger charge is 2.19. The van der Waals surface area contributed by atoms with Crippen LogP contribution in [0.5, 0.6) is 0 Å². The minimum absolute atomic E-state index is 0.616. The third-order valence-corrected chi connectivity index (χ3v) is 7.39. The first-order valence-electron chi connectivity index (χ1n) is 13.5. The highest BCUT2D eigenvalue weighted by Crippen LogP contribution is 2.41. The molecule has 3 heterocycles. The number of pyridine rings is 1. The van der Waals surface area contributed by atoms with Gasteiger partial charge in [-0.1, -0.05) is 109 Å². The zero-order chi connectivity index (χ0) is 27.2. The zero-order valence-corrected chi connectivity index (χ0v) is 21.9. The fraction of sp³-hybridized carbons (Fsp3) is 0.